The summed E-state index contributed by atoms with van der Waals surface area (Å²) in [6.45, 7) is 3.93. The van der Waals surface area contributed by atoms with Crippen LogP contribution in [0, 0.1) is 6.08 Å². The molecular formula is C12H11BrNY-. The number of hydrogen-bond donors (Lipinski definition) is 1. The van der Waals surface area contributed by atoms with Crippen molar-refractivity contribution in [2.75, 3.05) is 0 Å². The number of nitrogens with one attached hydrogen (secondary N) is 1. The number of rotatable bonds is 1. The maximum Gasteiger partial charge on any atom is 0.0145 e. The van der Waals surface area contributed by atoms with Crippen molar-refractivity contribution < 1.29 is 32.7 Å². The van der Waals surface area contributed by atoms with E-state index in [1.807, 2.05) is 12.1 Å². The second kappa shape index (κ2) is 5.98. The van der Waals surface area contributed by atoms with Crippen LogP contribution in [0.3, 0.4) is 0 Å². The summed E-state index contributed by atoms with van der Waals surface area (Å²) in [6, 6.07) is 8.20. The Labute approximate surface area is 124 Å². The second-order valence-electron chi connectivity index (χ2n) is 3.29. The van der Waals surface area contributed by atoms with E-state index in [0.29, 0.717) is 0 Å². The van der Waals surface area contributed by atoms with Crippen LogP contribution in [0.25, 0.3) is 5.70 Å². The first-order chi connectivity index (χ1) is 6.75. The zero-order chi connectivity index (χ0) is 9.97. The monoisotopic (exact) mass is 337 g/mol. The van der Waals surface area contributed by atoms with E-state index >= 15 is 0 Å². The Morgan fingerprint density at radius 2 is 1.93 bits per heavy atom. The Morgan fingerprint density at radius 1 is 1.27 bits per heavy atom. The quantitative estimate of drug-likeness (QED) is 0.773. The molecule has 15 heavy (non-hydrogen) atoms. The van der Waals surface area contributed by atoms with E-state index in [4.69, 9.17) is 0 Å². The van der Waals surface area contributed by atoms with Crippen LogP contribution in [0.1, 0.15) is 18.4 Å². The zero-order valence-electron chi connectivity index (χ0n) is 8.39. The molecule has 1 aromatic carbocycles. The van der Waals surface area contributed by atoms with Crippen LogP contribution in [0.15, 0.2) is 41.0 Å². The van der Waals surface area contributed by atoms with Gasteiger partial charge in [0.05, 0.1) is 0 Å². The molecule has 0 saturated carbocycles. The normalized spacial score (nSPS) is 15.0. The molecule has 0 saturated heterocycles. The molecule has 1 aliphatic heterocycles. The van der Waals surface area contributed by atoms with Crippen LogP contribution in [0.5, 0.6) is 0 Å². The van der Waals surface area contributed by atoms with Gasteiger partial charge in [-0.2, -0.15) is 5.56 Å². The molecule has 0 aliphatic carbocycles. The topological polar surface area (TPSA) is 12.0 Å². The molecule has 0 unspecified atom stereocenters. The molecule has 0 spiro atoms. The van der Waals surface area contributed by atoms with E-state index in [9.17, 15) is 0 Å². The third-order valence-corrected chi connectivity index (χ3v) is 2.69. The Kier molecular flexibility index (Phi) is 5.24. The number of allylic oxidation sites excluding steroid dienone is 2. The van der Waals surface area contributed by atoms with Crippen molar-refractivity contribution in [2.24, 2.45) is 0 Å². The van der Waals surface area contributed by atoms with E-state index in [-0.39, 0.29) is 32.7 Å². The molecule has 75 valence electrons. The van der Waals surface area contributed by atoms with Gasteiger partial charge in [-0.05, 0) is 6.42 Å². The predicted molar refractivity (Wildman–Crippen MR) is 62.3 cm³/mol. The van der Waals surface area contributed by atoms with Gasteiger partial charge in [0.15, 0.2) is 0 Å². The molecule has 1 aromatic rings. The fourth-order valence-corrected chi connectivity index (χ4v) is 1.68. The molecule has 2 rings (SSSR count). The van der Waals surface area contributed by atoms with Crippen LogP contribution < -0.4 is 5.32 Å². The number of benzene rings is 1. The average Bonchev–Trinajstić information content (AvgIpc) is 2.19. The Bertz CT molecular complexity index is 381. The fourth-order valence-electron chi connectivity index (χ4n) is 1.41. The summed E-state index contributed by atoms with van der Waals surface area (Å²) >= 11 is 3.41. The minimum absolute atomic E-state index is 0. The van der Waals surface area contributed by atoms with E-state index in [1.165, 1.54) is 0 Å². The van der Waals surface area contributed by atoms with Crippen LogP contribution in [0.2, 0.25) is 0 Å². The predicted octanol–water partition coefficient (Wildman–Crippen LogP) is 3.49. The van der Waals surface area contributed by atoms with Crippen molar-refractivity contribution in [3.8, 4) is 0 Å². The minimum atomic E-state index is 0. The van der Waals surface area contributed by atoms with Gasteiger partial charge in [-0.25, -0.2) is 6.08 Å². The summed E-state index contributed by atoms with van der Waals surface area (Å²) in [6.07, 6.45) is 5.26. The third-order valence-electron chi connectivity index (χ3n) is 2.16. The standard InChI is InChI=1S/C12H11BrN.Y/c1-9-3-2-4-12(14-9)10-5-7-11(13)8-6-10;/h5-8,14H,1-3H2;/q-1;. The summed E-state index contributed by atoms with van der Waals surface area (Å²) in [5.74, 6) is 0. The summed E-state index contributed by atoms with van der Waals surface area (Å²) in [4.78, 5) is 0. The third kappa shape index (κ3) is 3.55. The largest absolute Gasteiger partial charge is 0.394 e. The Morgan fingerprint density at radius 3 is 2.53 bits per heavy atom. The summed E-state index contributed by atoms with van der Waals surface area (Å²) in [7, 11) is 0. The van der Waals surface area contributed by atoms with E-state index < -0.39 is 0 Å². The van der Waals surface area contributed by atoms with Gasteiger partial charge in [-0.3, -0.25) is 0 Å². The van der Waals surface area contributed by atoms with Crippen molar-refractivity contribution >= 4 is 21.6 Å². The molecule has 0 bridgehead atoms. The summed E-state index contributed by atoms with van der Waals surface area (Å²) in [5.41, 5.74) is 3.28. The number of halogens is 1. The van der Waals surface area contributed by atoms with E-state index in [0.717, 1.165) is 34.3 Å². The minimum Gasteiger partial charge on any atom is -0.394 e. The fraction of sp³-hybridized carbons (Fsp3) is 0.167. The first-order valence-corrected chi connectivity index (χ1v) is 5.36. The summed E-state index contributed by atoms with van der Waals surface area (Å²) in [5, 5.41) is 3.25. The van der Waals surface area contributed by atoms with Gasteiger partial charge in [0.25, 0.3) is 0 Å². The molecule has 0 fully saturated rings. The van der Waals surface area contributed by atoms with E-state index in [1.54, 1.807) is 0 Å². The van der Waals surface area contributed by atoms with Gasteiger partial charge < -0.3 is 5.32 Å². The van der Waals surface area contributed by atoms with Crippen LogP contribution >= 0.6 is 15.9 Å². The van der Waals surface area contributed by atoms with Crippen molar-refractivity contribution in [2.45, 2.75) is 12.8 Å². The van der Waals surface area contributed by atoms with Crippen molar-refractivity contribution in [1.29, 1.82) is 0 Å². The Balaban J connectivity index is 0.00000112. The van der Waals surface area contributed by atoms with Crippen LogP contribution in [-0.4, -0.2) is 0 Å². The molecular weight excluding hydrogens is 327 g/mol. The smallest absolute Gasteiger partial charge is 0.0145 e. The average molecular weight is 338 g/mol. The maximum atomic E-state index is 3.93. The number of hydrogen-bond acceptors (Lipinski definition) is 1. The summed E-state index contributed by atoms with van der Waals surface area (Å²) < 4.78 is 1.09. The van der Waals surface area contributed by atoms with Crippen LogP contribution in [0.4, 0.5) is 0 Å². The maximum absolute atomic E-state index is 3.93. The molecule has 1 radical (unpaired) electrons. The first-order valence-electron chi connectivity index (χ1n) is 4.57. The molecule has 3 heteroatoms. The molecule has 0 aromatic heterocycles. The van der Waals surface area contributed by atoms with Crippen molar-refractivity contribution in [3.63, 3.8) is 0 Å². The van der Waals surface area contributed by atoms with Crippen molar-refractivity contribution in [1.82, 2.24) is 5.32 Å². The molecule has 1 aliphatic rings. The van der Waals surface area contributed by atoms with E-state index in [2.05, 4.69) is 46.0 Å². The second-order valence-corrected chi connectivity index (χ2v) is 4.20. The van der Waals surface area contributed by atoms with Crippen LogP contribution in [-0.2, 0) is 32.7 Å². The molecule has 1 nitrogen and oxygen atoms in total. The Hall–Kier alpha value is 0.0839. The molecule has 1 heterocycles. The van der Waals surface area contributed by atoms with Gasteiger partial charge in [0, 0.05) is 42.9 Å². The molecule has 0 atom stereocenters. The molecule has 1 N–H and O–H groups in total. The van der Waals surface area contributed by atoms with Gasteiger partial charge >= 0.3 is 0 Å². The van der Waals surface area contributed by atoms with Gasteiger partial charge in [-0.1, -0.05) is 34.6 Å². The molecule has 0 amide bonds. The first kappa shape index (κ1) is 13.2. The van der Waals surface area contributed by atoms with Gasteiger partial charge in [0.2, 0.25) is 0 Å². The zero-order valence-corrected chi connectivity index (χ0v) is 12.8. The van der Waals surface area contributed by atoms with Crippen molar-refractivity contribution in [3.05, 3.63) is 52.7 Å². The van der Waals surface area contributed by atoms with Gasteiger partial charge in [0.1, 0.15) is 0 Å². The SMILES string of the molecule is C=C1CC[C-]=C(c2ccc(Br)cc2)N1.[Y]. The van der Waals surface area contributed by atoms with Gasteiger partial charge in [-0.15, -0.1) is 24.3 Å².